The van der Waals surface area contributed by atoms with Crippen LogP contribution in [0.3, 0.4) is 0 Å². The van der Waals surface area contributed by atoms with E-state index in [4.69, 9.17) is 51.6 Å². The number of nitrogens with zero attached hydrogens (tertiary/aromatic N) is 5. The molecule has 93 heavy (non-hydrogen) atoms. The molecule has 4 aliphatic rings. The van der Waals surface area contributed by atoms with Gasteiger partial charge >= 0.3 is 0 Å². The number of hydrogen-bond acceptors (Lipinski definition) is 13. The SMILES string of the molecule is CCC(C)=NOC.CN1CCCCC1=O.CN1CCCCCC1=O.CN1CCCCCCC1=O.COC1CCCCC1.CON=C(C)C.COc1cc(Cl)ccc1Cl.COc1ccc(C)cc1.COc1cccc(C)c1.COc1ccccc1.COc1ccccc1C. The Morgan fingerprint density at radius 3 is 1.27 bits per heavy atom. The summed E-state index contributed by atoms with van der Waals surface area (Å²) in [7, 11) is 18.8. The molecule has 5 aromatic carbocycles. The lowest BCUT2D eigenvalue weighted by Crippen LogP contribution is -2.31. The Hall–Kier alpha value is -7.01. The summed E-state index contributed by atoms with van der Waals surface area (Å²) in [6.07, 6.45) is 21.1. The lowest BCUT2D eigenvalue weighted by atomic mass is 9.98. The molecule has 0 bridgehead atoms. The van der Waals surface area contributed by atoms with Crippen molar-refractivity contribution in [1.29, 1.82) is 0 Å². The molecule has 4 fully saturated rings. The number of para-hydroxylation sites is 2. The van der Waals surface area contributed by atoms with Gasteiger partial charge < -0.3 is 52.8 Å². The van der Waals surface area contributed by atoms with Crippen molar-refractivity contribution >= 4 is 52.3 Å². The third kappa shape index (κ3) is 49.3. The molecule has 0 unspecified atom stereocenters. The highest BCUT2D eigenvalue weighted by molar-refractivity contribution is 6.34. The second kappa shape index (κ2) is 58.8. The summed E-state index contributed by atoms with van der Waals surface area (Å²) in [5, 5.41) is 8.40. The fourth-order valence-corrected chi connectivity index (χ4v) is 8.81. The van der Waals surface area contributed by atoms with Crippen LogP contribution in [0, 0.1) is 20.8 Å². The van der Waals surface area contributed by atoms with Gasteiger partial charge in [-0.05, 0) is 165 Å². The number of piperidine rings is 1. The molecule has 0 spiro atoms. The third-order valence-electron chi connectivity index (χ3n) is 14.2. The fourth-order valence-electron chi connectivity index (χ4n) is 8.45. The second-order valence-corrected chi connectivity index (χ2v) is 23.1. The standard InChI is InChI=1S/C8H15NO.3C8H10O.C7H6Cl2O.C7H13NO.C7H14O.C7H8O.C6H11NO.C5H11NO.C4H9NO/c1-9-7-5-3-2-4-6-8(9)10;1-7-3-5-8(9-2)6-4-7;1-7-4-3-5-8(6-7)9-2;1-7-5-3-4-6-8(7)9-2;1-10-7-4-5(8)2-3-6(7)9;1-8-6-4-2-3-5-7(8)9;2*1-8-7-5-3-2-4-6-7;1-7-5-3-2-4-6(7)8;1-4-5(2)6-7-3;1-4(2)5-6-3/h2-7H2,1H3;3*3-6H,1-2H3;2-4H,1H3;2-6H2,1H3;7H,2-6H2,1H3;2-6H,1H3;2-5H2,1H3;4H2,1-3H3;1-3H3. The van der Waals surface area contributed by atoms with E-state index in [2.05, 4.69) is 26.9 Å². The average Bonchev–Trinajstić information content (AvgIpc) is 3.70. The number of amides is 3. The Balaban J connectivity index is 0. The zero-order valence-corrected chi connectivity index (χ0v) is 61.5. The van der Waals surface area contributed by atoms with Gasteiger partial charge in [0.1, 0.15) is 43.0 Å². The van der Waals surface area contributed by atoms with Gasteiger partial charge in [-0.2, -0.15) is 0 Å². The van der Waals surface area contributed by atoms with Crippen LogP contribution in [0.5, 0.6) is 28.7 Å². The molecule has 16 nitrogen and oxygen atoms in total. The summed E-state index contributed by atoms with van der Waals surface area (Å²) in [6, 6.07) is 38.6. The van der Waals surface area contributed by atoms with Gasteiger partial charge in [0.05, 0.1) is 58.1 Å². The molecular formula is C75H117Cl2N5O11. The van der Waals surface area contributed by atoms with E-state index in [9.17, 15) is 14.4 Å². The lowest BCUT2D eigenvalue weighted by Gasteiger charge is -2.21. The van der Waals surface area contributed by atoms with E-state index < -0.39 is 0 Å². The first kappa shape index (κ1) is 88.0. The minimum atomic E-state index is 0.302. The number of benzene rings is 5. The maximum Gasteiger partial charge on any atom is 0.222 e. The highest BCUT2D eigenvalue weighted by Crippen LogP contribution is 2.27. The molecule has 0 atom stereocenters. The summed E-state index contributed by atoms with van der Waals surface area (Å²) in [4.78, 5) is 47.1. The molecule has 0 N–H and O–H groups in total. The van der Waals surface area contributed by atoms with Crippen molar-refractivity contribution in [2.24, 2.45) is 10.3 Å². The number of aryl methyl sites for hydroxylation is 3. The number of carbonyl (C=O) groups excluding carboxylic acids is 3. The summed E-state index contributed by atoms with van der Waals surface area (Å²) < 4.78 is 30.0. The first-order valence-electron chi connectivity index (χ1n) is 32.3. The number of ether oxygens (including phenoxy) is 6. The highest BCUT2D eigenvalue weighted by atomic mass is 35.5. The van der Waals surface area contributed by atoms with E-state index in [1.807, 2.05) is 183 Å². The van der Waals surface area contributed by atoms with E-state index in [-0.39, 0.29) is 0 Å². The molecule has 0 radical (unpaired) electrons. The van der Waals surface area contributed by atoms with Crippen LogP contribution in [-0.4, -0.2) is 148 Å². The van der Waals surface area contributed by atoms with E-state index >= 15 is 0 Å². The van der Waals surface area contributed by atoms with Gasteiger partial charge in [-0.1, -0.05) is 145 Å². The van der Waals surface area contributed by atoms with Crippen molar-refractivity contribution in [3.63, 3.8) is 0 Å². The van der Waals surface area contributed by atoms with Crippen LogP contribution in [0.2, 0.25) is 10.0 Å². The van der Waals surface area contributed by atoms with Crippen molar-refractivity contribution < 1.29 is 52.5 Å². The van der Waals surface area contributed by atoms with Crippen LogP contribution in [0.15, 0.2) is 132 Å². The Kier molecular flexibility index (Phi) is 55.7. The number of halogens is 2. The molecular weight excluding hydrogens is 1220 g/mol. The predicted octanol–water partition coefficient (Wildman–Crippen LogP) is 18.2. The number of oxime groups is 2. The van der Waals surface area contributed by atoms with Gasteiger partial charge in [0.2, 0.25) is 17.7 Å². The molecule has 3 aliphatic heterocycles. The van der Waals surface area contributed by atoms with Crippen LogP contribution in [0.1, 0.15) is 160 Å². The number of methoxy groups -OCH3 is 6. The summed E-state index contributed by atoms with van der Waals surface area (Å²) in [6.45, 7) is 16.7. The average molecular weight is 1340 g/mol. The molecule has 0 aromatic heterocycles. The largest absolute Gasteiger partial charge is 0.497 e. The van der Waals surface area contributed by atoms with Crippen LogP contribution in [-0.2, 0) is 28.8 Å². The molecule has 1 saturated carbocycles. The van der Waals surface area contributed by atoms with Gasteiger partial charge in [-0.15, -0.1) is 0 Å². The molecule has 3 heterocycles. The lowest BCUT2D eigenvalue weighted by molar-refractivity contribution is -0.132. The third-order valence-corrected chi connectivity index (χ3v) is 14.8. The van der Waals surface area contributed by atoms with Crippen LogP contribution >= 0.6 is 23.2 Å². The highest BCUT2D eigenvalue weighted by Gasteiger charge is 2.14. The maximum atomic E-state index is 11.1. The van der Waals surface area contributed by atoms with Crippen molar-refractivity contribution in [3.05, 3.63) is 148 Å². The van der Waals surface area contributed by atoms with E-state index in [0.717, 1.165) is 99.0 Å². The first-order chi connectivity index (χ1) is 44.6. The smallest absolute Gasteiger partial charge is 0.222 e. The Labute approximate surface area is 571 Å². The molecule has 3 amide bonds. The molecule has 522 valence electrons. The monoisotopic (exact) mass is 1330 g/mol. The Morgan fingerprint density at radius 1 is 0.452 bits per heavy atom. The number of likely N-dealkylation sites (tertiary alicyclic amines) is 3. The minimum Gasteiger partial charge on any atom is -0.497 e. The van der Waals surface area contributed by atoms with Crippen molar-refractivity contribution in [2.75, 3.05) is 97.7 Å². The van der Waals surface area contributed by atoms with Crippen molar-refractivity contribution in [1.82, 2.24) is 14.7 Å². The van der Waals surface area contributed by atoms with Crippen LogP contribution < -0.4 is 23.7 Å². The molecule has 3 saturated heterocycles. The van der Waals surface area contributed by atoms with Gasteiger partial charge in [-0.3, -0.25) is 14.4 Å². The Bertz CT molecular complexity index is 2710. The maximum absolute atomic E-state index is 11.1. The molecule has 5 aromatic rings. The van der Waals surface area contributed by atoms with Crippen molar-refractivity contribution in [3.8, 4) is 28.7 Å². The normalized spacial score (nSPS) is 14.1. The predicted molar refractivity (Wildman–Crippen MR) is 388 cm³/mol. The Morgan fingerprint density at radius 2 is 0.892 bits per heavy atom. The topological polar surface area (TPSA) is 159 Å². The fraction of sp³-hybridized carbons (Fsp3) is 0.533. The number of rotatable bonds is 9. The molecule has 18 heteroatoms. The van der Waals surface area contributed by atoms with Crippen LogP contribution in [0.25, 0.3) is 0 Å². The minimum absolute atomic E-state index is 0.302. The quantitative estimate of drug-likeness (QED) is 0.102. The molecule has 9 rings (SSSR count). The number of carbonyl (C=O) groups is 3. The summed E-state index contributed by atoms with van der Waals surface area (Å²) in [5.74, 6) is 5.25. The number of hydrogen-bond donors (Lipinski definition) is 0. The second-order valence-electron chi connectivity index (χ2n) is 22.3. The molecule has 1 aliphatic carbocycles. The van der Waals surface area contributed by atoms with Gasteiger partial charge in [0.15, 0.2) is 0 Å². The van der Waals surface area contributed by atoms with Crippen LogP contribution in [0.4, 0.5) is 0 Å². The van der Waals surface area contributed by atoms with Crippen molar-refractivity contribution in [2.45, 2.75) is 170 Å². The van der Waals surface area contributed by atoms with Gasteiger partial charge in [0.25, 0.3) is 0 Å². The van der Waals surface area contributed by atoms with E-state index in [1.54, 1.807) is 65.8 Å². The van der Waals surface area contributed by atoms with Gasteiger partial charge in [-0.25, -0.2) is 0 Å². The zero-order chi connectivity index (χ0) is 70.0. The van der Waals surface area contributed by atoms with E-state index in [0.29, 0.717) is 39.6 Å². The first-order valence-corrected chi connectivity index (χ1v) is 33.1. The van der Waals surface area contributed by atoms with E-state index in [1.165, 1.54) is 94.4 Å². The van der Waals surface area contributed by atoms with Gasteiger partial charge in [0, 0.05) is 78.2 Å². The summed E-state index contributed by atoms with van der Waals surface area (Å²) >= 11 is 11.4. The summed E-state index contributed by atoms with van der Waals surface area (Å²) in [5.41, 5.74) is 5.64. The zero-order valence-electron chi connectivity index (χ0n) is 60.0.